The summed E-state index contributed by atoms with van der Waals surface area (Å²) in [4.78, 5) is 0. The Labute approximate surface area is 81.6 Å². The summed E-state index contributed by atoms with van der Waals surface area (Å²) in [5.41, 5.74) is 0. The van der Waals surface area contributed by atoms with Crippen LogP contribution in [0.2, 0.25) is 0 Å². The van der Waals surface area contributed by atoms with Crippen LogP contribution in [0.25, 0.3) is 0 Å². The van der Waals surface area contributed by atoms with Gasteiger partial charge in [-0.05, 0) is 32.1 Å². The highest BCUT2D eigenvalue weighted by Crippen LogP contribution is 2.25. The Morgan fingerprint density at radius 1 is 1.38 bits per heavy atom. The van der Waals surface area contributed by atoms with Crippen molar-refractivity contribution < 1.29 is 9.47 Å². The third kappa shape index (κ3) is 3.28. The summed E-state index contributed by atoms with van der Waals surface area (Å²) >= 11 is 0. The van der Waals surface area contributed by atoms with Crippen LogP contribution < -0.4 is 0 Å². The number of hydrogen-bond donors (Lipinski definition) is 0. The Balaban J connectivity index is 2.44. The first-order valence-electron chi connectivity index (χ1n) is 5.31. The Kier molecular flexibility index (Phi) is 4.20. The van der Waals surface area contributed by atoms with Gasteiger partial charge >= 0.3 is 0 Å². The molecule has 3 unspecified atom stereocenters. The van der Waals surface area contributed by atoms with Gasteiger partial charge in [-0.15, -0.1) is 0 Å². The van der Waals surface area contributed by atoms with Gasteiger partial charge in [-0.3, -0.25) is 0 Å². The summed E-state index contributed by atoms with van der Waals surface area (Å²) in [5.74, 6) is 0.688. The first-order chi connectivity index (χ1) is 6.13. The molecule has 1 rings (SSSR count). The van der Waals surface area contributed by atoms with Crippen LogP contribution in [-0.2, 0) is 9.47 Å². The van der Waals surface area contributed by atoms with Gasteiger partial charge < -0.3 is 9.47 Å². The summed E-state index contributed by atoms with van der Waals surface area (Å²) in [7, 11) is 1.79. The fourth-order valence-corrected chi connectivity index (χ4v) is 1.98. The second-order valence-electron chi connectivity index (χ2n) is 4.47. The van der Waals surface area contributed by atoms with Crippen molar-refractivity contribution >= 4 is 0 Å². The summed E-state index contributed by atoms with van der Waals surface area (Å²) in [6.45, 7) is 6.61. The highest BCUT2D eigenvalue weighted by atomic mass is 16.5. The predicted octanol–water partition coefficient (Wildman–Crippen LogP) is 2.62. The zero-order valence-corrected chi connectivity index (χ0v) is 9.25. The van der Waals surface area contributed by atoms with Crippen LogP contribution in [0.3, 0.4) is 0 Å². The van der Waals surface area contributed by atoms with Crippen LogP contribution in [0.1, 0.15) is 40.0 Å². The molecule has 1 heterocycles. The van der Waals surface area contributed by atoms with Crippen LogP contribution in [-0.4, -0.2) is 25.4 Å². The molecule has 0 N–H and O–H groups in total. The zero-order valence-electron chi connectivity index (χ0n) is 9.25. The molecule has 1 fully saturated rings. The highest BCUT2D eigenvalue weighted by Gasteiger charge is 2.29. The van der Waals surface area contributed by atoms with Crippen molar-refractivity contribution in [1.82, 2.24) is 0 Å². The van der Waals surface area contributed by atoms with E-state index in [0.717, 1.165) is 19.3 Å². The molecule has 0 radical (unpaired) electrons. The van der Waals surface area contributed by atoms with E-state index >= 15 is 0 Å². The predicted molar refractivity (Wildman–Crippen MR) is 53.8 cm³/mol. The molecule has 2 nitrogen and oxygen atoms in total. The maximum Gasteiger partial charge on any atom is 0.0842 e. The largest absolute Gasteiger partial charge is 0.379 e. The molecule has 1 saturated heterocycles. The standard InChI is InChI=1S/C11H22O2/c1-8(2)7-11-10(12-4)6-5-9(3)13-11/h8-11H,5-7H2,1-4H3. The van der Waals surface area contributed by atoms with E-state index in [9.17, 15) is 0 Å². The molecule has 13 heavy (non-hydrogen) atoms. The van der Waals surface area contributed by atoms with E-state index in [1.807, 2.05) is 0 Å². The lowest BCUT2D eigenvalue weighted by atomic mass is 9.95. The maximum absolute atomic E-state index is 5.88. The Morgan fingerprint density at radius 2 is 2.08 bits per heavy atom. The van der Waals surface area contributed by atoms with Gasteiger partial charge in [0.2, 0.25) is 0 Å². The molecular weight excluding hydrogens is 164 g/mol. The average Bonchev–Trinajstić information content (AvgIpc) is 2.03. The quantitative estimate of drug-likeness (QED) is 0.674. The second-order valence-corrected chi connectivity index (χ2v) is 4.47. The van der Waals surface area contributed by atoms with Gasteiger partial charge in [0, 0.05) is 7.11 Å². The fraction of sp³-hybridized carbons (Fsp3) is 1.00. The minimum absolute atomic E-state index is 0.314. The van der Waals surface area contributed by atoms with Crippen LogP contribution >= 0.6 is 0 Å². The van der Waals surface area contributed by atoms with E-state index in [2.05, 4.69) is 20.8 Å². The van der Waals surface area contributed by atoms with Crippen molar-refractivity contribution in [3.63, 3.8) is 0 Å². The highest BCUT2D eigenvalue weighted by molar-refractivity contribution is 4.78. The molecule has 0 saturated carbocycles. The minimum Gasteiger partial charge on any atom is -0.379 e. The SMILES string of the molecule is COC1CCC(C)OC1CC(C)C. The first-order valence-corrected chi connectivity index (χ1v) is 5.31. The third-order valence-corrected chi connectivity index (χ3v) is 2.69. The van der Waals surface area contributed by atoms with E-state index in [0.29, 0.717) is 24.2 Å². The van der Waals surface area contributed by atoms with Crippen LogP contribution in [0.15, 0.2) is 0 Å². The van der Waals surface area contributed by atoms with E-state index in [1.54, 1.807) is 7.11 Å². The second kappa shape index (κ2) is 4.97. The third-order valence-electron chi connectivity index (χ3n) is 2.69. The van der Waals surface area contributed by atoms with Gasteiger partial charge in [0.15, 0.2) is 0 Å². The molecule has 0 aliphatic carbocycles. The van der Waals surface area contributed by atoms with Gasteiger partial charge in [-0.25, -0.2) is 0 Å². The molecule has 0 amide bonds. The Bertz CT molecular complexity index is 143. The molecule has 0 bridgehead atoms. The minimum atomic E-state index is 0.314. The molecule has 0 aromatic heterocycles. The van der Waals surface area contributed by atoms with Gasteiger partial charge in [0.25, 0.3) is 0 Å². The normalized spacial score (nSPS) is 35.3. The summed E-state index contributed by atoms with van der Waals surface area (Å²) in [5, 5.41) is 0. The molecule has 0 aromatic carbocycles. The topological polar surface area (TPSA) is 18.5 Å². The number of ether oxygens (including phenoxy) is 2. The molecule has 78 valence electrons. The average molecular weight is 186 g/mol. The van der Waals surface area contributed by atoms with Gasteiger partial charge in [-0.2, -0.15) is 0 Å². The number of hydrogen-bond acceptors (Lipinski definition) is 2. The van der Waals surface area contributed by atoms with E-state index < -0.39 is 0 Å². The van der Waals surface area contributed by atoms with Crippen LogP contribution in [0, 0.1) is 5.92 Å². The first kappa shape index (κ1) is 11.0. The Hall–Kier alpha value is -0.0800. The van der Waals surface area contributed by atoms with E-state index in [-0.39, 0.29) is 0 Å². The lowest BCUT2D eigenvalue weighted by molar-refractivity contribution is -0.129. The van der Waals surface area contributed by atoms with Crippen molar-refractivity contribution in [2.45, 2.75) is 58.3 Å². The molecule has 1 aliphatic heterocycles. The smallest absolute Gasteiger partial charge is 0.0842 e. The summed E-state index contributed by atoms with van der Waals surface area (Å²) in [6.07, 6.45) is 4.44. The lowest BCUT2D eigenvalue weighted by Crippen LogP contribution is -2.39. The van der Waals surface area contributed by atoms with Crippen molar-refractivity contribution in [2.75, 3.05) is 7.11 Å². The van der Waals surface area contributed by atoms with Gasteiger partial charge in [0.1, 0.15) is 0 Å². The molecule has 0 aromatic rings. The molecule has 1 aliphatic rings. The zero-order chi connectivity index (χ0) is 9.84. The van der Waals surface area contributed by atoms with Crippen LogP contribution in [0.4, 0.5) is 0 Å². The molecular formula is C11H22O2. The van der Waals surface area contributed by atoms with Crippen molar-refractivity contribution in [1.29, 1.82) is 0 Å². The molecule has 2 heteroatoms. The Morgan fingerprint density at radius 3 is 2.62 bits per heavy atom. The fourth-order valence-electron chi connectivity index (χ4n) is 1.98. The van der Waals surface area contributed by atoms with Crippen molar-refractivity contribution in [3.8, 4) is 0 Å². The van der Waals surface area contributed by atoms with Crippen molar-refractivity contribution in [2.24, 2.45) is 5.92 Å². The lowest BCUT2D eigenvalue weighted by Gasteiger charge is -2.35. The number of rotatable bonds is 3. The van der Waals surface area contributed by atoms with Crippen LogP contribution in [0.5, 0.6) is 0 Å². The molecule has 3 atom stereocenters. The molecule has 0 spiro atoms. The summed E-state index contributed by atoms with van der Waals surface area (Å²) in [6, 6.07) is 0. The maximum atomic E-state index is 5.88. The number of methoxy groups -OCH3 is 1. The monoisotopic (exact) mass is 186 g/mol. The van der Waals surface area contributed by atoms with Crippen molar-refractivity contribution in [3.05, 3.63) is 0 Å². The van der Waals surface area contributed by atoms with E-state index in [1.165, 1.54) is 0 Å². The van der Waals surface area contributed by atoms with Gasteiger partial charge in [-0.1, -0.05) is 13.8 Å². The van der Waals surface area contributed by atoms with E-state index in [4.69, 9.17) is 9.47 Å². The van der Waals surface area contributed by atoms with Gasteiger partial charge in [0.05, 0.1) is 18.3 Å². The summed E-state index contributed by atoms with van der Waals surface area (Å²) < 4.78 is 11.3.